The van der Waals surface area contributed by atoms with Crippen LogP contribution in [0.3, 0.4) is 0 Å². The molecule has 1 aromatic carbocycles. The van der Waals surface area contributed by atoms with E-state index in [1.165, 1.54) is 13.2 Å². The van der Waals surface area contributed by atoms with Crippen LogP contribution in [0.25, 0.3) is 0 Å². The van der Waals surface area contributed by atoms with Gasteiger partial charge in [-0.2, -0.15) is 0 Å². The van der Waals surface area contributed by atoms with E-state index in [2.05, 4.69) is 6.92 Å². The molecule has 0 bridgehead atoms. The molecule has 1 aliphatic rings. The Morgan fingerprint density at radius 3 is 2.94 bits per heavy atom. The van der Waals surface area contributed by atoms with Gasteiger partial charge in [-0.15, -0.1) is 0 Å². The summed E-state index contributed by atoms with van der Waals surface area (Å²) >= 11 is 0. The maximum atomic E-state index is 10.7. The molecular formula is C14H16O4. The molecule has 4 nitrogen and oxygen atoms in total. The predicted octanol–water partition coefficient (Wildman–Crippen LogP) is 2.99. The molecule has 96 valence electrons. The molecule has 18 heavy (non-hydrogen) atoms. The molecule has 2 rings (SSSR count). The molecule has 1 aromatic rings. The highest BCUT2D eigenvalue weighted by molar-refractivity contribution is 5.66. The van der Waals surface area contributed by atoms with Gasteiger partial charge in [-0.25, -0.2) is 0 Å². The van der Waals surface area contributed by atoms with Crippen LogP contribution in [0.4, 0.5) is 0 Å². The summed E-state index contributed by atoms with van der Waals surface area (Å²) in [5.74, 6) is 1.43. The summed E-state index contributed by atoms with van der Waals surface area (Å²) in [4.78, 5) is 10.7. The highest BCUT2D eigenvalue weighted by Gasteiger charge is 2.15. The van der Waals surface area contributed by atoms with E-state index in [1.54, 1.807) is 0 Å². The van der Waals surface area contributed by atoms with Crippen LogP contribution in [0.1, 0.15) is 31.7 Å². The van der Waals surface area contributed by atoms with E-state index in [-0.39, 0.29) is 18.7 Å². The number of benzene rings is 1. The molecule has 0 saturated carbocycles. The van der Waals surface area contributed by atoms with E-state index in [0.717, 1.165) is 23.5 Å². The summed E-state index contributed by atoms with van der Waals surface area (Å²) < 4.78 is 15.4. The van der Waals surface area contributed by atoms with Gasteiger partial charge in [0.05, 0.1) is 6.26 Å². The molecule has 0 N–H and O–H groups in total. The fourth-order valence-corrected chi connectivity index (χ4v) is 1.86. The average molecular weight is 248 g/mol. The number of hydrogen-bond acceptors (Lipinski definition) is 4. The summed E-state index contributed by atoms with van der Waals surface area (Å²) in [5, 5.41) is 0. The Labute approximate surface area is 106 Å². The SMILES string of the molecule is CCC(C=COC(C)=O)c1ccc2c(c1)OCO2. The first-order chi connectivity index (χ1) is 8.70. The van der Waals surface area contributed by atoms with Crippen molar-refractivity contribution in [3.63, 3.8) is 0 Å². The van der Waals surface area contributed by atoms with Gasteiger partial charge in [0, 0.05) is 12.8 Å². The second-order valence-corrected chi connectivity index (χ2v) is 4.07. The number of allylic oxidation sites excluding steroid dienone is 1. The van der Waals surface area contributed by atoms with Gasteiger partial charge in [0.1, 0.15) is 0 Å². The molecule has 0 aliphatic carbocycles. The lowest BCUT2D eigenvalue weighted by Crippen LogP contribution is -1.96. The van der Waals surface area contributed by atoms with Gasteiger partial charge < -0.3 is 14.2 Å². The number of hydrogen-bond donors (Lipinski definition) is 0. The molecule has 1 atom stereocenters. The fourth-order valence-electron chi connectivity index (χ4n) is 1.86. The topological polar surface area (TPSA) is 44.8 Å². The molecule has 1 aliphatic heterocycles. The minimum absolute atomic E-state index is 0.193. The average Bonchev–Trinajstić information content (AvgIpc) is 2.81. The van der Waals surface area contributed by atoms with Crippen molar-refractivity contribution in [2.24, 2.45) is 0 Å². The zero-order valence-electron chi connectivity index (χ0n) is 10.5. The van der Waals surface area contributed by atoms with Crippen LogP contribution in [0.5, 0.6) is 11.5 Å². The number of rotatable bonds is 4. The maximum absolute atomic E-state index is 10.7. The van der Waals surface area contributed by atoms with Gasteiger partial charge in [0.15, 0.2) is 11.5 Å². The van der Waals surface area contributed by atoms with E-state index in [4.69, 9.17) is 14.2 Å². The molecule has 1 heterocycles. The zero-order valence-corrected chi connectivity index (χ0v) is 10.5. The second kappa shape index (κ2) is 5.58. The minimum Gasteiger partial charge on any atom is -0.454 e. The Kier molecular flexibility index (Phi) is 3.87. The quantitative estimate of drug-likeness (QED) is 0.607. The molecule has 4 heteroatoms. The Balaban J connectivity index is 2.12. The van der Waals surface area contributed by atoms with Gasteiger partial charge >= 0.3 is 5.97 Å². The van der Waals surface area contributed by atoms with Crippen LogP contribution >= 0.6 is 0 Å². The maximum Gasteiger partial charge on any atom is 0.307 e. The molecular weight excluding hydrogens is 232 g/mol. The Morgan fingerprint density at radius 1 is 1.44 bits per heavy atom. The van der Waals surface area contributed by atoms with E-state index >= 15 is 0 Å². The predicted molar refractivity (Wildman–Crippen MR) is 66.5 cm³/mol. The zero-order chi connectivity index (χ0) is 13.0. The van der Waals surface area contributed by atoms with Crippen LogP contribution in [0.15, 0.2) is 30.5 Å². The number of ether oxygens (including phenoxy) is 3. The molecule has 0 amide bonds. The number of fused-ring (bicyclic) bond motifs is 1. The molecule has 0 radical (unpaired) electrons. The minimum atomic E-state index is -0.313. The van der Waals surface area contributed by atoms with E-state index in [9.17, 15) is 4.79 Å². The summed E-state index contributed by atoms with van der Waals surface area (Å²) in [6, 6.07) is 5.87. The van der Waals surface area contributed by atoms with Crippen LogP contribution in [-0.4, -0.2) is 12.8 Å². The molecule has 0 saturated heterocycles. The lowest BCUT2D eigenvalue weighted by atomic mass is 9.96. The lowest BCUT2D eigenvalue weighted by molar-refractivity contribution is -0.135. The van der Waals surface area contributed by atoms with Gasteiger partial charge in [0.2, 0.25) is 6.79 Å². The number of esters is 1. The summed E-state index contributed by atoms with van der Waals surface area (Å²) in [6.07, 6.45) is 4.23. The Hall–Kier alpha value is -1.97. The van der Waals surface area contributed by atoms with Crippen molar-refractivity contribution in [1.82, 2.24) is 0 Å². The smallest absolute Gasteiger partial charge is 0.307 e. The third-order valence-corrected chi connectivity index (χ3v) is 2.81. The Bertz CT molecular complexity index is 465. The summed E-state index contributed by atoms with van der Waals surface area (Å²) in [6.45, 7) is 3.73. The van der Waals surface area contributed by atoms with Crippen molar-refractivity contribution >= 4 is 5.97 Å². The molecule has 0 aromatic heterocycles. The standard InChI is InChI=1S/C14H16O4/c1-3-11(6-7-16-10(2)15)12-4-5-13-14(8-12)18-9-17-13/h4-8,11H,3,9H2,1-2H3. The van der Waals surface area contributed by atoms with Crippen molar-refractivity contribution in [2.75, 3.05) is 6.79 Å². The number of carbonyl (C=O) groups is 1. The first-order valence-electron chi connectivity index (χ1n) is 5.94. The second-order valence-electron chi connectivity index (χ2n) is 4.07. The van der Waals surface area contributed by atoms with Gasteiger partial charge in [-0.05, 0) is 30.2 Å². The Morgan fingerprint density at radius 2 is 2.22 bits per heavy atom. The van der Waals surface area contributed by atoms with Crippen molar-refractivity contribution in [1.29, 1.82) is 0 Å². The van der Waals surface area contributed by atoms with Crippen molar-refractivity contribution in [2.45, 2.75) is 26.2 Å². The molecule has 1 unspecified atom stereocenters. The van der Waals surface area contributed by atoms with Crippen molar-refractivity contribution in [3.8, 4) is 11.5 Å². The van der Waals surface area contributed by atoms with Gasteiger partial charge in [-0.3, -0.25) is 4.79 Å². The molecule has 0 fully saturated rings. The van der Waals surface area contributed by atoms with Crippen molar-refractivity contribution < 1.29 is 19.0 Å². The summed E-state index contributed by atoms with van der Waals surface area (Å²) in [5.41, 5.74) is 1.12. The summed E-state index contributed by atoms with van der Waals surface area (Å²) in [7, 11) is 0. The first-order valence-corrected chi connectivity index (χ1v) is 5.94. The highest BCUT2D eigenvalue weighted by atomic mass is 16.7. The van der Waals surface area contributed by atoms with E-state index in [0.29, 0.717) is 0 Å². The van der Waals surface area contributed by atoms with Crippen molar-refractivity contribution in [3.05, 3.63) is 36.1 Å². The largest absolute Gasteiger partial charge is 0.454 e. The fraction of sp³-hybridized carbons (Fsp3) is 0.357. The highest BCUT2D eigenvalue weighted by Crippen LogP contribution is 2.35. The molecule has 0 spiro atoms. The normalized spacial score (nSPS) is 14.8. The number of carbonyl (C=O) groups excluding carboxylic acids is 1. The van der Waals surface area contributed by atoms with Crippen LogP contribution < -0.4 is 9.47 Å². The first kappa shape index (κ1) is 12.5. The van der Waals surface area contributed by atoms with Gasteiger partial charge in [0.25, 0.3) is 0 Å². The lowest BCUT2D eigenvalue weighted by Gasteiger charge is -2.11. The van der Waals surface area contributed by atoms with Crippen LogP contribution in [0, 0.1) is 0 Å². The van der Waals surface area contributed by atoms with E-state index in [1.807, 2.05) is 24.3 Å². The monoisotopic (exact) mass is 248 g/mol. The third-order valence-electron chi connectivity index (χ3n) is 2.81. The van der Waals surface area contributed by atoms with Crippen LogP contribution in [0.2, 0.25) is 0 Å². The van der Waals surface area contributed by atoms with Gasteiger partial charge in [-0.1, -0.05) is 13.0 Å². The van der Waals surface area contributed by atoms with Crippen LogP contribution in [-0.2, 0) is 9.53 Å². The van der Waals surface area contributed by atoms with E-state index < -0.39 is 0 Å². The third kappa shape index (κ3) is 2.83.